The first-order chi connectivity index (χ1) is 6.29. The summed E-state index contributed by atoms with van der Waals surface area (Å²) in [5.74, 6) is 0. The largest absolute Gasteiger partial charge is 0.389 e. The SMILES string of the molecule is C[C@H](O)c1cccc2c1CCCC2. The van der Waals surface area contributed by atoms with Crippen molar-refractivity contribution < 1.29 is 5.11 Å². The number of fused-ring (bicyclic) bond motifs is 1. The molecule has 1 nitrogen and oxygen atoms in total. The van der Waals surface area contributed by atoms with E-state index in [0.29, 0.717) is 0 Å². The molecule has 2 rings (SSSR count). The van der Waals surface area contributed by atoms with Gasteiger partial charge in [0.1, 0.15) is 0 Å². The molecule has 0 spiro atoms. The molecule has 0 amide bonds. The van der Waals surface area contributed by atoms with Gasteiger partial charge in [0.15, 0.2) is 0 Å². The van der Waals surface area contributed by atoms with Gasteiger partial charge in [0.2, 0.25) is 0 Å². The second-order valence-corrected chi connectivity index (χ2v) is 3.87. The average Bonchev–Trinajstić information content (AvgIpc) is 2.17. The van der Waals surface area contributed by atoms with Crippen LogP contribution in [0.1, 0.15) is 42.6 Å². The minimum Gasteiger partial charge on any atom is -0.389 e. The lowest BCUT2D eigenvalue weighted by Crippen LogP contribution is -2.07. The van der Waals surface area contributed by atoms with E-state index in [-0.39, 0.29) is 6.10 Å². The zero-order chi connectivity index (χ0) is 9.26. The van der Waals surface area contributed by atoms with Crippen LogP contribution in [0.4, 0.5) is 0 Å². The van der Waals surface area contributed by atoms with Crippen LogP contribution in [-0.2, 0) is 12.8 Å². The van der Waals surface area contributed by atoms with Gasteiger partial charge < -0.3 is 5.11 Å². The van der Waals surface area contributed by atoms with Gasteiger partial charge in [0.05, 0.1) is 6.10 Å². The van der Waals surface area contributed by atoms with E-state index in [0.717, 1.165) is 12.0 Å². The van der Waals surface area contributed by atoms with Gasteiger partial charge in [-0.2, -0.15) is 0 Å². The number of hydrogen-bond acceptors (Lipinski definition) is 1. The van der Waals surface area contributed by atoms with E-state index >= 15 is 0 Å². The molecule has 0 radical (unpaired) electrons. The monoisotopic (exact) mass is 176 g/mol. The second-order valence-electron chi connectivity index (χ2n) is 3.87. The highest BCUT2D eigenvalue weighted by Crippen LogP contribution is 2.27. The molecule has 1 aromatic carbocycles. The Hall–Kier alpha value is -0.820. The Kier molecular flexibility index (Phi) is 2.36. The predicted molar refractivity (Wildman–Crippen MR) is 53.7 cm³/mol. The summed E-state index contributed by atoms with van der Waals surface area (Å²) in [4.78, 5) is 0. The van der Waals surface area contributed by atoms with Crippen molar-refractivity contribution in [3.63, 3.8) is 0 Å². The first kappa shape index (κ1) is 8.76. The minimum absolute atomic E-state index is 0.312. The molecule has 0 unspecified atom stereocenters. The van der Waals surface area contributed by atoms with E-state index < -0.39 is 0 Å². The second kappa shape index (κ2) is 3.51. The predicted octanol–water partition coefficient (Wildman–Crippen LogP) is 2.62. The number of aliphatic hydroxyl groups is 1. The summed E-state index contributed by atoms with van der Waals surface area (Å²) in [5, 5.41) is 9.58. The lowest BCUT2D eigenvalue weighted by molar-refractivity contribution is 0.197. The molecule has 1 aliphatic rings. The van der Waals surface area contributed by atoms with Crippen LogP contribution in [-0.4, -0.2) is 5.11 Å². The van der Waals surface area contributed by atoms with E-state index in [4.69, 9.17) is 0 Å². The van der Waals surface area contributed by atoms with Crippen LogP contribution >= 0.6 is 0 Å². The van der Waals surface area contributed by atoms with Crippen LogP contribution in [0.25, 0.3) is 0 Å². The van der Waals surface area contributed by atoms with E-state index in [1.807, 2.05) is 6.92 Å². The van der Waals surface area contributed by atoms with Crippen molar-refractivity contribution in [2.24, 2.45) is 0 Å². The van der Waals surface area contributed by atoms with Gasteiger partial charge in [-0.25, -0.2) is 0 Å². The van der Waals surface area contributed by atoms with Gasteiger partial charge in [-0.1, -0.05) is 18.2 Å². The van der Waals surface area contributed by atoms with Crippen molar-refractivity contribution in [3.8, 4) is 0 Å². The van der Waals surface area contributed by atoms with Crippen LogP contribution in [0.15, 0.2) is 18.2 Å². The fourth-order valence-electron chi connectivity index (χ4n) is 2.20. The Labute approximate surface area is 79.4 Å². The van der Waals surface area contributed by atoms with Crippen LogP contribution in [0.2, 0.25) is 0 Å². The zero-order valence-electron chi connectivity index (χ0n) is 8.09. The van der Waals surface area contributed by atoms with Gasteiger partial charge in [-0.3, -0.25) is 0 Å². The van der Waals surface area contributed by atoms with Gasteiger partial charge in [0.25, 0.3) is 0 Å². The third-order valence-corrected chi connectivity index (χ3v) is 2.88. The van der Waals surface area contributed by atoms with E-state index in [9.17, 15) is 5.11 Å². The summed E-state index contributed by atoms with van der Waals surface area (Å²) >= 11 is 0. The van der Waals surface area contributed by atoms with Crippen molar-refractivity contribution in [1.29, 1.82) is 0 Å². The molecular weight excluding hydrogens is 160 g/mol. The molecule has 1 atom stereocenters. The Balaban J connectivity index is 2.46. The summed E-state index contributed by atoms with van der Waals surface area (Å²) < 4.78 is 0. The van der Waals surface area contributed by atoms with E-state index in [1.54, 1.807) is 0 Å². The Morgan fingerprint density at radius 1 is 1.23 bits per heavy atom. The van der Waals surface area contributed by atoms with Crippen LogP contribution < -0.4 is 0 Å². The van der Waals surface area contributed by atoms with Crippen molar-refractivity contribution in [2.75, 3.05) is 0 Å². The first-order valence-electron chi connectivity index (χ1n) is 5.08. The minimum atomic E-state index is -0.312. The average molecular weight is 176 g/mol. The molecule has 0 saturated carbocycles. The lowest BCUT2D eigenvalue weighted by atomic mass is 9.87. The highest BCUT2D eigenvalue weighted by Gasteiger charge is 2.14. The van der Waals surface area contributed by atoms with E-state index in [2.05, 4.69) is 18.2 Å². The molecule has 1 aliphatic carbocycles. The van der Waals surface area contributed by atoms with Crippen molar-refractivity contribution in [3.05, 3.63) is 34.9 Å². The molecule has 0 saturated heterocycles. The van der Waals surface area contributed by atoms with Gasteiger partial charge in [-0.05, 0) is 49.3 Å². The lowest BCUT2D eigenvalue weighted by Gasteiger charge is -2.20. The topological polar surface area (TPSA) is 20.2 Å². The maximum atomic E-state index is 9.58. The normalized spacial score (nSPS) is 18.0. The van der Waals surface area contributed by atoms with Crippen LogP contribution in [0.3, 0.4) is 0 Å². The number of hydrogen-bond donors (Lipinski definition) is 1. The molecule has 0 aliphatic heterocycles. The molecule has 0 heterocycles. The first-order valence-corrected chi connectivity index (χ1v) is 5.08. The number of aryl methyl sites for hydroxylation is 1. The summed E-state index contributed by atoms with van der Waals surface area (Å²) in [6.45, 7) is 1.85. The molecule has 0 bridgehead atoms. The Morgan fingerprint density at radius 2 is 2.00 bits per heavy atom. The molecule has 70 valence electrons. The summed E-state index contributed by atoms with van der Waals surface area (Å²) in [5.41, 5.74) is 3.99. The maximum absolute atomic E-state index is 9.58. The summed E-state index contributed by atoms with van der Waals surface area (Å²) in [7, 11) is 0. The Morgan fingerprint density at radius 3 is 2.77 bits per heavy atom. The van der Waals surface area contributed by atoms with E-state index in [1.165, 1.54) is 30.4 Å². The molecule has 13 heavy (non-hydrogen) atoms. The molecule has 0 fully saturated rings. The summed E-state index contributed by atoms with van der Waals surface area (Å²) in [6.07, 6.45) is 4.60. The van der Waals surface area contributed by atoms with Gasteiger partial charge in [-0.15, -0.1) is 0 Å². The van der Waals surface area contributed by atoms with Gasteiger partial charge >= 0.3 is 0 Å². The van der Waals surface area contributed by atoms with Crippen LogP contribution in [0, 0.1) is 0 Å². The smallest absolute Gasteiger partial charge is 0.0764 e. The van der Waals surface area contributed by atoms with Crippen molar-refractivity contribution >= 4 is 0 Å². The summed E-state index contributed by atoms with van der Waals surface area (Å²) in [6, 6.07) is 6.31. The fourth-order valence-corrected chi connectivity index (χ4v) is 2.20. The molecule has 1 N–H and O–H groups in total. The molecule has 1 heteroatoms. The fraction of sp³-hybridized carbons (Fsp3) is 0.500. The Bertz CT molecular complexity index is 302. The zero-order valence-corrected chi connectivity index (χ0v) is 8.09. The number of rotatable bonds is 1. The quantitative estimate of drug-likeness (QED) is 0.697. The molecule has 0 aromatic heterocycles. The third-order valence-electron chi connectivity index (χ3n) is 2.88. The third kappa shape index (κ3) is 1.61. The van der Waals surface area contributed by atoms with Crippen LogP contribution in [0.5, 0.6) is 0 Å². The maximum Gasteiger partial charge on any atom is 0.0764 e. The molecular formula is C12H16O. The standard InChI is InChI=1S/C12H16O/c1-9(13)11-8-4-6-10-5-2-3-7-12(10)11/h4,6,8-9,13H,2-3,5,7H2,1H3/t9-/m0/s1. The highest BCUT2D eigenvalue weighted by atomic mass is 16.3. The number of aliphatic hydroxyl groups excluding tert-OH is 1. The number of benzene rings is 1. The molecule has 1 aromatic rings. The van der Waals surface area contributed by atoms with Crippen molar-refractivity contribution in [1.82, 2.24) is 0 Å². The van der Waals surface area contributed by atoms with Crippen molar-refractivity contribution in [2.45, 2.75) is 38.7 Å². The van der Waals surface area contributed by atoms with Gasteiger partial charge in [0, 0.05) is 0 Å². The highest BCUT2D eigenvalue weighted by molar-refractivity contribution is 5.37.